The lowest BCUT2D eigenvalue weighted by Crippen LogP contribution is -2.21. The minimum atomic E-state index is -1.06. The molecule has 1 heterocycles. The number of amides is 1. The van der Waals surface area contributed by atoms with Crippen molar-refractivity contribution in [3.8, 4) is 11.5 Å². The van der Waals surface area contributed by atoms with Crippen LogP contribution in [0.25, 0.3) is 6.08 Å². The molecular weight excluding hydrogens is 372 g/mol. The summed E-state index contributed by atoms with van der Waals surface area (Å²) in [5, 5.41) is 14.7. The van der Waals surface area contributed by atoms with Gasteiger partial charge in [-0.2, -0.15) is 10.1 Å². The molecule has 1 aliphatic rings. The Kier molecular flexibility index (Phi) is 5.68. The van der Waals surface area contributed by atoms with E-state index in [1.165, 1.54) is 17.1 Å². The number of hydrogen-bond donors (Lipinski definition) is 1. The van der Waals surface area contributed by atoms with E-state index >= 15 is 0 Å². The number of ether oxygens (including phenoxy) is 2. The number of carboxylic acids is 1. The molecule has 29 heavy (non-hydrogen) atoms. The van der Waals surface area contributed by atoms with E-state index in [1.807, 2.05) is 19.9 Å². The van der Waals surface area contributed by atoms with Gasteiger partial charge in [0, 0.05) is 0 Å². The highest BCUT2D eigenvalue weighted by atomic mass is 16.5. The lowest BCUT2D eigenvalue weighted by molar-refractivity contribution is -0.114. The largest absolute Gasteiger partial charge is 0.493 e. The van der Waals surface area contributed by atoms with Crippen LogP contribution in [0, 0.1) is 0 Å². The zero-order chi connectivity index (χ0) is 21.1. The Hall–Kier alpha value is -3.61. The fourth-order valence-corrected chi connectivity index (χ4v) is 2.92. The number of carbonyl (C=O) groups is 2. The normalized spacial score (nSPS) is 15.1. The average molecular weight is 394 g/mol. The molecule has 0 unspecified atom stereocenters. The van der Waals surface area contributed by atoms with Gasteiger partial charge in [0.05, 0.1) is 35.7 Å². The van der Waals surface area contributed by atoms with Gasteiger partial charge in [0.1, 0.15) is 0 Å². The van der Waals surface area contributed by atoms with E-state index in [9.17, 15) is 14.7 Å². The Bertz CT molecular complexity index is 1020. The van der Waals surface area contributed by atoms with Crippen molar-refractivity contribution in [3.05, 3.63) is 59.2 Å². The number of nitrogens with zero attached hydrogens (tertiary/aromatic N) is 2. The van der Waals surface area contributed by atoms with Crippen molar-refractivity contribution in [2.45, 2.75) is 26.9 Å². The summed E-state index contributed by atoms with van der Waals surface area (Å²) in [7, 11) is 1.56. The molecule has 2 aromatic carbocycles. The Morgan fingerprint density at radius 2 is 1.93 bits per heavy atom. The molecule has 0 aliphatic carbocycles. The molecule has 7 nitrogen and oxygen atoms in total. The van der Waals surface area contributed by atoms with Crippen LogP contribution in [0.3, 0.4) is 0 Å². The number of hydrogen-bond acceptors (Lipinski definition) is 5. The van der Waals surface area contributed by atoms with Crippen molar-refractivity contribution in [2.24, 2.45) is 5.10 Å². The zero-order valence-electron chi connectivity index (χ0n) is 16.7. The standard InChI is InChI=1S/C22H22N2O5/c1-13(2)29-19-9-8-15(11-20(19)28-4)10-18-14(3)23-24(21(18)25)17-7-5-6-16(12-17)22(26)27/h5-13H,1-4H3,(H,26,27)/b18-10+. The summed E-state index contributed by atoms with van der Waals surface area (Å²) in [4.78, 5) is 24.1. The maximum absolute atomic E-state index is 12.9. The first-order chi connectivity index (χ1) is 13.8. The van der Waals surface area contributed by atoms with E-state index < -0.39 is 5.97 Å². The van der Waals surface area contributed by atoms with Crippen LogP contribution in [-0.2, 0) is 4.79 Å². The third-order valence-electron chi connectivity index (χ3n) is 4.26. The fourth-order valence-electron chi connectivity index (χ4n) is 2.92. The average Bonchev–Trinajstić information content (AvgIpc) is 2.97. The van der Waals surface area contributed by atoms with Crippen LogP contribution < -0.4 is 14.5 Å². The Morgan fingerprint density at radius 3 is 2.59 bits per heavy atom. The van der Waals surface area contributed by atoms with E-state index in [1.54, 1.807) is 44.4 Å². The van der Waals surface area contributed by atoms with Crippen LogP contribution in [0.15, 0.2) is 53.1 Å². The molecule has 1 amide bonds. The molecule has 0 saturated heterocycles. The van der Waals surface area contributed by atoms with Crippen molar-refractivity contribution in [3.63, 3.8) is 0 Å². The second-order valence-corrected chi connectivity index (χ2v) is 6.79. The monoisotopic (exact) mass is 394 g/mol. The summed E-state index contributed by atoms with van der Waals surface area (Å²) in [6, 6.07) is 11.5. The van der Waals surface area contributed by atoms with Crippen LogP contribution in [0.5, 0.6) is 11.5 Å². The number of carbonyl (C=O) groups excluding carboxylic acids is 1. The summed E-state index contributed by atoms with van der Waals surface area (Å²) in [6.45, 7) is 5.60. The number of anilines is 1. The Morgan fingerprint density at radius 1 is 1.17 bits per heavy atom. The third kappa shape index (κ3) is 4.29. The van der Waals surface area contributed by atoms with Gasteiger partial charge in [-0.05, 0) is 62.7 Å². The van der Waals surface area contributed by atoms with Crippen LogP contribution in [0.2, 0.25) is 0 Å². The van der Waals surface area contributed by atoms with Crippen LogP contribution in [-0.4, -0.2) is 35.9 Å². The SMILES string of the molecule is COc1cc(/C=C2/C(=O)N(c3cccc(C(=O)O)c3)N=C2C)ccc1OC(C)C. The third-order valence-corrected chi connectivity index (χ3v) is 4.26. The smallest absolute Gasteiger partial charge is 0.335 e. The summed E-state index contributed by atoms with van der Waals surface area (Å²) < 4.78 is 11.1. The van der Waals surface area contributed by atoms with Crippen molar-refractivity contribution in [1.29, 1.82) is 0 Å². The molecule has 1 N–H and O–H groups in total. The van der Waals surface area contributed by atoms with Crippen LogP contribution in [0.1, 0.15) is 36.7 Å². The number of methoxy groups -OCH3 is 1. The molecule has 3 rings (SSSR count). The van der Waals surface area contributed by atoms with Gasteiger partial charge in [0.2, 0.25) is 0 Å². The maximum atomic E-state index is 12.9. The lowest BCUT2D eigenvalue weighted by atomic mass is 10.1. The first kappa shape index (κ1) is 20.1. The molecule has 0 atom stereocenters. The van der Waals surface area contributed by atoms with Gasteiger partial charge in [0.25, 0.3) is 5.91 Å². The molecule has 150 valence electrons. The highest BCUT2D eigenvalue weighted by Gasteiger charge is 2.29. The fraction of sp³-hybridized carbons (Fsp3) is 0.227. The summed E-state index contributed by atoms with van der Waals surface area (Å²) >= 11 is 0. The van der Waals surface area contributed by atoms with E-state index in [0.717, 1.165) is 5.56 Å². The predicted octanol–water partition coefficient (Wildman–Crippen LogP) is 3.99. The van der Waals surface area contributed by atoms with Crippen molar-refractivity contribution >= 4 is 29.4 Å². The van der Waals surface area contributed by atoms with Crippen LogP contribution in [0.4, 0.5) is 5.69 Å². The lowest BCUT2D eigenvalue weighted by Gasteiger charge is -2.14. The molecule has 1 aliphatic heterocycles. The van der Waals surface area contributed by atoms with E-state index in [4.69, 9.17) is 9.47 Å². The molecule has 0 bridgehead atoms. The molecule has 0 aromatic heterocycles. The molecule has 0 spiro atoms. The van der Waals surface area contributed by atoms with Crippen molar-refractivity contribution in [1.82, 2.24) is 0 Å². The quantitative estimate of drug-likeness (QED) is 0.749. The van der Waals surface area contributed by atoms with Crippen molar-refractivity contribution < 1.29 is 24.2 Å². The Balaban J connectivity index is 1.92. The summed E-state index contributed by atoms with van der Waals surface area (Å²) in [6.07, 6.45) is 1.73. The van der Waals surface area contributed by atoms with Crippen molar-refractivity contribution in [2.75, 3.05) is 12.1 Å². The van der Waals surface area contributed by atoms with Gasteiger partial charge >= 0.3 is 5.97 Å². The molecule has 0 saturated carbocycles. The molecule has 0 fully saturated rings. The number of aromatic carboxylic acids is 1. The molecule has 0 radical (unpaired) electrons. The first-order valence-electron chi connectivity index (χ1n) is 9.10. The van der Waals surface area contributed by atoms with Gasteiger partial charge in [0.15, 0.2) is 11.5 Å². The zero-order valence-corrected chi connectivity index (χ0v) is 16.7. The van der Waals surface area contributed by atoms with Gasteiger partial charge in [-0.3, -0.25) is 4.79 Å². The van der Waals surface area contributed by atoms with Gasteiger partial charge < -0.3 is 14.6 Å². The predicted molar refractivity (Wildman–Crippen MR) is 111 cm³/mol. The highest BCUT2D eigenvalue weighted by Crippen LogP contribution is 2.31. The summed E-state index contributed by atoms with van der Waals surface area (Å²) in [5.41, 5.74) is 2.21. The van der Waals surface area contributed by atoms with Gasteiger partial charge in [-0.1, -0.05) is 12.1 Å². The topological polar surface area (TPSA) is 88.4 Å². The second-order valence-electron chi connectivity index (χ2n) is 6.79. The summed E-state index contributed by atoms with van der Waals surface area (Å²) in [5.74, 6) is -0.198. The van der Waals surface area contributed by atoms with E-state index in [-0.39, 0.29) is 17.6 Å². The maximum Gasteiger partial charge on any atom is 0.335 e. The first-order valence-corrected chi connectivity index (χ1v) is 9.10. The van der Waals surface area contributed by atoms with E-state index in [0.29, 0.717) is 28.5 Å². The van der Waals surface area contributed by atoms with Gasteiger partial charge in [-0.15, -0.1) is 0 Å². The number of rotatable bonds is 6. The number of hydrazone groups is 1. The van der Waals surface area contributed by atoms with Crippen LogP contribution >= 0.6 is 0 Å². The number of benzene rings is 2. The highest BCUT2D eigenvalue weighted by molar-refractivity contribution is 6.32. The molecule has 7 heteroatoms. The second kappa shape index (κ2) is 8.18. The minimum Gasteiger partial charge on any atom is -0.493 e. The van der Waals surface area contributed by atoms with E-state index in [2.05, 4.69) is 5.10 Å². The minimum absolute atomic E-state index is 0.00835. The molecule has 2 aromatic rings. The number of carboxylic acid groups (broad SMARTS) is 1. The van der Waals surface area contributed by atoms with Gasteiger partial charge in [-0.25, -0.2) is 4.79 Å². The Labute approximate surface area is 168 Å². The molecular formula is C22H22N2O5.